The predicted molar refractivity (Wildman–Crippen MR) is 118 cm³/mol. The van der Waals surface area contributed by atoms with E-state index in [9.17, 15) is 14.9 Å². The van der Waals surface area contributed by atoms with E-state index in [1.54, 1.807) is 11.3 Å². The lowest BCUT2D eigenvalue weighted by atomic mass is 10.2. The molecule has 1 amide bonds. The summed E-state index contributed by atoms with van der Waals surface area (Å²) in [6.45, 7) is 2.25. The monoisotopic (exact) mass is 437 g/mol. The van der Waals surface area contributed by atoms with Crippen LogP contribution in [0.3, 0.4) is 0 Å². The molecule has 2 heterocycles. The number of aromatic nitrogens is 3. The predicted octanol–water partition coefficient (Wildman–Crippen LogP) is 4.41. The normalized spacial score (nSPS) is 10.9. The second kappa shape index (κ2) is 8.52. The van der Waals surface area contributed by atoms with Crippen molar-refractivity contribution >= 4 is 38.8 Å². The minimum atomic E-state index is -0.573. The highest BCUT2D eigenvalue weighted by molar-refractivity contribution is 7.21. The van der Waals surface area contributed by atoms with Crippen LogP contribution >= 0.6 is 11.3 Å². The molecule has 0 saturated heterocycles. The summed E-state index contributed by atoms with van der Waals surface area (Å²) >= 11 is 1.63. The van der Waals surface area contributed by atoms with Gasteiger partial charge in [-0.3, -0.25) is 19.6 Å². The van der Waals surface area contributed by atoms with E-state index in [0.29, 0.717) is 5.69 Å². The van der Waals surface area contributed by atoms with E-state index >= 15 is 0 Å². The number of amides is 1. The summed E-state index contributed by atoms with van der Waals surface area (Å²) in [6.07, 6.45) is 1.36. The number of thiazole rings is 1. The van der Waals surface area contributed by atoms with Gasteiger partial charge in [0.15, 0.2) is 0 Å². The fourth-order valence-electron chi connectivity index (χ4n) is 3.07. The molecule has 0 fully saturated rings. The lowest BCUT2D eigenvalue weighted by Crippen LogP contribution is -2.14. The zero-order valence-electron chi connectivity index (χ0n) is 16.9. The zero-order chi connectivity index (χ0) is 22.0. The van der Waals surface area contributed by atoms with Crippen LogP contribution in [0.15, 0.2) is 48.7 Å². The molecule has 4 rings (SSSR count). The van der Waals surface area contributed by atoms with Crippen LogP contribution in [0.5, 0.6) is 5.88 Å². The Balaban J connectivity index is 1.38. The number of aryl methyl sites for hydroxylation is 2. The van der Waals surface area contributed by atoms with E-state index in [4.69, 9.17) is 4.74 Å². The largest absolute Gasteiger partial charge is 0.475 e. The molecular weight excluding hydrogens is 418 g/mol. The van der Waals surface area contributed by atoms with E-state index < -0.39 is 4.92 Å². The van der Waals surface area contributed by atoms with E-state index in [0.717, 1.165) is 20.8 Å². The van der Waals surface area contributed by atoms with Crippen LogP contribution in [0.2, 0.25) is 0 Å². The molecule has 1 N–H and O–H groups in total. The topological polar surface area (TPSA) is 112 Å². The number of carbonyl (C=O) groups is 1. The van der Waals surface area contributed by atoms with Gasteiger partial charge in [-0.2, -0.15) is 0 Å². The zero-order valence-corrected chi connectivity index (χ0v) is 17.7. The number of benzene rings is 2. The average Bonchev–Trinajstić information content (AvgIpc) is 3.36. The molecule has 0 atom stereocenters. The number of anilines is 1. The van der Waals surface area contributed by atoms with Crippen molar-refractivity contribution in [2.45, 2.75) is 19.9 Å². The Bertz CT molecular complexity index is 1260. The lowest BCUT2D eigenvalue weighted by molar-refractivity contribution is -0.385. The molecule has 0 aliphatic heterocycles. The number of nitro groups is 1. The number of carbonyl (C=O) groups excluding carboxylic acids is 1. The van der Waals surface area contributed by atoms with Crippen LogP contribution in [-0.2, 0) is 11.3 Å². The van der Waals surface area contributed by atoms with Crippen molar-refractivity contribution < 1.29 is 14.5 Å². The Hall–Kier alpha value is -3.79. The molecule has 0 bridgehead atoms. The van der Waals surface area contributed by atoms with Crippen LogP contribution in [0, 0.1) is 17.0 Å². The van der Waals surface area contributed by atoms with Crippen molar-refractivity contribution in [1.82, 2.24) is 14.8 Å². The second-order valence-electron chi connectivity index (χ2n) is 6.91. The van der Waals surface area contributed by atoms with Crippen LogP contribution in [0.25, 0.3) is 20.8 Å². The molecule has 0 spiro atoms. The van der Waals surface area contributed by atoms with Crippen molar-refractivity contribution in [3.8, 4) is 16.5 Å². The van der Waals surface area contributed by atoms with Gasteiger partial charge in [-0.05, 0) is 48.9 Å². The minimum Gasteiger partial charge on any atom is -0.475 e. The highest BCUT2D eigenvalue weighted by Crippen LogP contribution is 2.31. The molecular formula is C21H19N5O4S. The van der Waals surface area contributed by atoms with Crippen molar-refractivity contribution in [2.75, 3.05) is 12.4 Å². The molecule has 0 aliphatic rings. The van der Waals surface area contributed by atoms with Gasteiger partial charge in [-0.25, -0.2) is 4.98 Å². The minimum absolute atomic E-state index is 0.0778. The van der Waals surface area contributed by atoms with Gasteiger partial charge in [0.1, 0.15) is 11.2 Å². The molecule has 4 aromatic rings. The van der Waals surface area contributed by atoms with Crippen LogP contribution in [-0.4, -0.2) is 32.7 Å². The SMILES string of the molecule is COc1nn(CCC(=O)Nc2ccc(-c3nc4ccc(C)cc4s3)cc2)cc1[N+](=O)[O-]. The molecule has 158 valence electrons. The van der Waals surface area contributed by atoms with Gasteiger partial charge in [0.2, 0.25) is 5.91 Å². The van der Waals surface area contributed by atoms with Gasteiger partial charge >= 0.3 is 11.6 Å². The Morgan fingerprint density at radius 2 is 2.03 bits per heavy atom. The Labute approximate surface area is 181 Å². The summed E-state index contributed by atoms with van der Waals surface area (Å²) in [5, 5.41) is 18.7. The van der Waals surface area contributed by atoms with Gasteiger partial charge in [-0.15, -0.1) is 16.4 Å². The van der Waals surface area contributed by atoms with Gasteiger partial charge in [0, 0.05) is 17.7 Å². The molecule has 0 aliphatic carbocycles. The van der Waals surface area contributed by atoms with E-state index in [-0.39, 0.29) is 30.4 Å². The lowest BCUT2D eigenvalue weighted by Gasteiger charge is -2.06. The first kappa shape index (κ1) is 20.5. The van der Waals surface area contributed by atoms with Gasteiger partial charge in [0.25, 0.3) is 0 Å². The number of ether oxygens (including phenoxy) is 1. The molecule has 2 aromatic carbocycles. The first-order valence-electron chi connectivity index (χ1n) is 9.46. The fraction of sp³-hybridized carbons (Fsp3) is 0.190. The Kier molecular flexibility index (Phi) is 5.63. The highest BCUT2D eigenvalue weighted by atomic mass is 32.1. The molecule has 10 heteroatoms. The fourth-order valence-corrected chi connectivity index (χ4v) is 4.14. The van der Waals surface area contributed by atoms with Crippen molar-refractivity contribution in [1.29, 1.82) is 0 Å². The molecule has 31 heavy (non-hydrogen) atoms. The molecule has 0 radical (unpaired) electrons. The van der Waals surface area contributed by atoms with Gasteiger partial charge in [0.05, 0.1) is 28.8 Å². The first-order chi connectivity index (χ1) is 14.9. The van der Waals surface area contributed by atoms with Crippen molar-refractivity contribution in [2.24, 2.45) is 0 Å². The summed E-state index contributed by atoms with van der Waals surface area (Å²) < 4.78 is 7.35. The summed E-state index contributed by atoms with van der Waals surface area (Å²) in [4.78, 5) is 27.3. The first-order valence-corrected chi connectivity index (χ1v) is 10.3. The third-order valence-electron chi connectivity index (χ3n) is 4.63. The maximum Gasteiger partial charge on any atom is 0.350 e. The molecule has 0 unspecified atom stereocenters. The van der Waals surface area contributed by atoms with Crippen LogP contribution in [0.4, 0.5) is 11.4 Å². The smallest absolute Gasteiger partial charge is 0.350 e. The van der Waals surface area contributed by atoms with E-state index in [1.807, 2.05) is 36.4 Å². The maximum absolute atomic E-state index is 12.3. The van der Waals surface area contributed by atoms with Crippen LogP contribution in [0.1, 0.15) is 12.0 Å². The number of methoxy groups -OCH3 is 1. The van der Waals surface area contributed by atoms with Crippen molar-refractivity contribution in [3.05, 3.63) is 64.3 Å². The third-order valence-corrected chi connectivity index (χ3v) is 5.69. The molecule has 9 nitrogen and oxygen atoms in total. The highest BCUT2D eigenvalue weighted by Gasteiger charge is 2.20. The number of fused-ring (bicyclic) bond motifs is 1. The third kappa shape index (κ3) is 4.53. The summed E-state index contributed by atoms with van der Waals surface area (Å²) in [6, 6.07) is 13.7. The Morgan fingerprint density at radius 1 is 1.26 bits per heavy atom. The number of rotatable bonds is 7. The number of hydrogen-bond acceptors (Lipinski definition) is 7. The molecule has 0 saturated carbocycles. The summed E-state index contributed by atoms with van der Waals surface area (Å²) in [7, 11) is 1.31. The maximum atomic E-state index is 12.3. The average molecular weight is 437 g/mol. The Morgan fingerprint density at radius 3 is 2.71 bits per heavy atom. The number of hydrogen-bond donors (Lipinski definition) is 1. The van der Waals surface area contributed by atoms with E-state index in [2.05, 4.69) is 28.4 Å². The standard InChI is InChI=1S/C21H19N5O4S/c1-13-3-8-16-18(11-13)31-21(23-16)14-4-6-15(7-5-14)22-19(27)9-10-25-12-17(26(28)29)20(24-25)30-2/h3-8,11-12H,9-10H2,1-2H3,(H,22,27). The number of nitrogens with zero attached hydrogens (tertiary/aromatic N) is 4. The van der Waals surface area contributed by atoms with Crippen molar-refractivity contribution in [3.63, 3.8) is 0 Å². The van der Waals surface area contributed by atoms with E-state index in [1.165, 1.54) is 23.6 Å². The van der Waals surface area contributed by atoms with Crippen LogP contribution < -0.4 is 10.1 Å². The second-order valence-corrected chi connectivity index (χ2v) is 7.94. The van der Waals surface area contributed by atoms with Gasteiger partial charge in [-0.1, -0.05) is 6.07 Å². The molecule has 2 aromatic heterocycles. The van der Waals surface area contributed by atoms with Gasteiger partial charge < -0.3 is 10.1 Å². The quantitative estimate of drug-likeness (QED) is 0.338. The summed E-state index contributed by atoms with van der Waals surface area (Å²) in [5.74, 6) is -0.300. The number of nitrogens with one attached hydrogen (secondary N) is 1. The summed E-state index contributed by atoms with van der Waals surface area (Å²) in [5.41, 5.74) is 3.58.